The van der Waals surface area contributed by atoms with Crippen molar-refractivity contribution in [2.75, 3.05) is 0 Å². The summed E-state index contributed by atoms with van der Waals surface area (Å²) in [5.41, 5.74) is 3.55. The first-order valence-corrected chi connectivity index (χ1v) is 7.18. The molecule has 100 valence electrons. The molecule has 3 atom stereocenters. The standard InChI is InChI=1S/C17H20O2/c1-9-5-4-6-12-7-10(2)16(18)13-8-11(3)17(19)15(13)14(9)12/h7,11-12,14H,1,4-6,8H2,2-3H3. The molecule has 19 heavy (non-hydrogen) atoms. The Kier molecular flexibility index (Phi) is 2.84. The van der Waals surface area contributed by atoms with E-state index in [0.29, 0.717) is 12.3 Å². The van der Waals surface area contributed by atoms with Crippen LogP contribution in [0, 0.1) is 17.8 Å². The van der Waals surface area contributed by atoms with Gasteiger partial charge >= 0.3 is 0 Å². The van der Waals surface area contributed by atoms with Gasteiger partial charge in [-0.05, 0) is 44.1 Å². The van der Waals surface area contributed by atoms with Gasteiger partial charge in [-0.15, -0.1) is 0 Å². The van der Waals surface area contributed by atoms with Crippen molar-refractivity contribution in [3.05, 3.63) is 34.9 Å². The average Bonchev–Trinajstić information content (AvgIpc) is 2.60. The van der Waals surface area contributed by atoms with E-state index in [9.17, 15) is 9.59 Å². The van der Waals surface area contributed by atoms with Crippen LogP contribution in [0.1, 0.15) is 39.5 Å². The molecule has 0 radical (unpaired) electrons. The van der Waals surface area contributed by atoms with Gasteiger partial charge in [0.25, 0.3) is 0 Å². The molecule has 0 spiro atoms. The minimum absolute atomic E-state index is 0.0322. The molecular weight excluding hydrogens is 236 g/mol. The molecule has 0 aromatic carbocycles. The number of carbonyl (C=O) groups excluding carboxylic acids is 2. The Morgan fingerprint density at radius 1 is 1.32 bits per heavy atom. The maximum atomic E-state index is 12.5. The number of Topliss-reactive ketones (excluding diaryl/α,β-unsaturated/α-hetero) is 2. The minimum Gasteiger partial charge on any atom is -0.294 e. The van der Waals surface area contributed by atoms with Gasteiger partial charge in [0, 0.05) is 23.0 Å². The lowest BCUT2D eigenvalue weighted by molar-refractivity contribution is -0.118. The Balaban J connectivity index is 2.17. The number of hydrogen-bond donors (Lipinski definition) is 0. The highest BCUT2D eigenvalue weighted by molar-refractivity contribution is 6.17. The maximum absolute atomic E-state index is 12.5. The van der Waals surface area contributed by atoms with Crippen molar-refractivity contribution in [3.63, 3.8) is 0 Å². The smallest absolute Gasteiger partial charge is 0.184 e. The monoisotopic (exact) mass is 256 g/mol. The quantitative estimate of drug-likeness (QED) is 0.622. The van der Waals surface area contributed by atoms with E-state index in [-0.39, 0.29) is 23.4 Å². The first kappa shape index (κ1) is 12.6. The van der Waals surface area contributed by atoms with Gasteiger partial charge in [-0.1, -0.05) is 25.2 Å². The van der Waals surface area contributed by atoms with E-state index >= 15 is 0 Å². The first-order chi connectivity index (χ1) is 9.00. The summed E-state index contributed by atoms with van der Waals surface area (Å²) < 4.78 is 0. The number of carbonyl (C=O) groups is 2. The second kappa shape index (κ2) is 4.29. The molecule has 3 aliphatic rings. The fourth-order valence-electron chi connectivity index (χ4n) is 3.90. The molecule has 0 aliphatic heterocycles. The van der Waals surface area contributed by atoms with Crippen molar-refractivity contribution in [3.8, 4) is 0 Å². The number of ketones is 2. The van der Waals surface area contributed by atoms with Crippen LogP contribution in [0.4, 0.5) is 0 Å². The van der Waals surface area contributed by atoms with E-state index in [1.807, 2.05) is 13.8 Å². The molecule has 1 fully saturated rings. The molecule has 1 saturated carbocycles. The lowest BCUT2D eigenvalue weighted by Crippen LogP contribution is -2.25. The van der Waals surface area contributed by atoms with Crippen LogP contribution in [-0.4, -0.2) is 11.6 Å². The van der Waals surface area contributed by atoms with Gasteiger partial charge in [-0.25, -0.2) is 0 Å². The lowest BCUT2D eigenvalue weighted by atomic mass is 9.71. The molecule has 0 heterocycles. The van der Waals surface area contributed by atoms with Gasteiger partial charge in [-0.2, -0.15) is 0 Å². The van der Waals surface area contributed by atoms with Crippen molar-refractivity contribution in [1.82, 2.24) is 0 Å². The summed E-state index contributed by atoms with van der Waals surface area (Å²) in [5.74, 6) is 0.643. The molecule has 0 N–H and O–H groups in total. The summed E-state index contributed by atoms with van der Waals surface area (Å²) in [5, 5.41) is 0. The van der Waals surface area contributed by atoms with Crippen LogP contribution >= 0.6 is 0 Å². The van der Waals surface area contributed by atoms with Crippen molar-refractivity contribution in [2.45, 2.75) is 39.5 Å². The van der Waals surface area contributed by atoms with E-state index in [1.165, 1.54) is 0 Å². The average molecular weight is 256 g/mol. The Hall–Kier alpha value is -1.44. The van der Waals surface area contributed by atoms with E-state index in [4.69, 9.17) is 0 Å². The fraction of sp³-hybridized carbons (Fsp3) is 0.529. The zero-order chi connectivity index (χ0) is 13.7. The normalized spacial score (nSPS) is 34.9. The molecule has 3 unspecified atom stereocenters. The highest BCUT2D eigenvalue weighted by Gasteiger charge is 2.43. The number of rotatable bonds is 0. The van der Waals surface area contributed by atoms with Crippen molar-refractivity contribution in [2.24, 2.45) is 17.8 Å². The molecule has 3 aliphatic carbocycles. The largest absolute Gasteiger partial charge is 0.294 e. The lowest BCUT2D eigenvalue weighted by Gasteiger charge is -2.32. The van der Waals surface area contributed by atoms with Crippen LogP contribution in [0.5, 0.6) is 0 Å². The van der Waals surface area contributed by atoms with Crippen LogP contribution in [0.2, 0.25) is 0 Å². The molecule has 0 aromatic rings. The number of hydrogen-bond acceptors (Lipinski definition) is 2. The molecule has 0 amide bonds. The van der Waals surface area contributed by atoms with Gasteiger partial charge in [0.1, 0.15) is 0 Å². The summed E-state index contributed by atoms with van der Waals surface area (Å²) in [6.45, 7) is 8.01. The van der Waals surface area contributed by atoms with E-state index in [2.05, 4.69) is 12.7 Å². The molecule has 0 saturated heterocycles. The van der Waals surface area contributed by atoms with Crippen molar-refractivity contribution >= 4 is 11.6 Å². The molecule has 0 aromatic heterocycles. The Bertz CT molecular complexity index is 548. The Morgan fingerprint density at radius 2 is 2.05 bits per heavy atom. The zero-order valence-corrected chi connectivity index (χ0v) is 11.7. The zero-order valence-electron chi connectivity index (χ0n) is 11.7. The highest BCUT2D eigenvalue weighted by Crippen LogP contribution is 2.47. The summed E-state index contributed by atoms with van der Waals surface area (Å²) >= 11 is 0. The van der Waals surface area contributed by atoms with Gasteiger partial charge < -0.3 is 0 Å². The van der Waals surface area contributed by atoms with E-state index in [0.717, 1.165) is 41.6 Å². The Labute approximate surface area is 114 Å². The molecule has 2 heteroatoms. The second-order valence-corrected chi connectivity index (χ2v) is 6.23. The third-order valence-corrected chi connectivity index (χ3v) is 4.86. The summed E-state index contributed by atoms with van der Waals surface area (Å²) in [6.07, 6.45) is 5.88. The third-order valence-electron chi connectivity index (χ3n) is 4.86. The van der Waals surface area contributed by atoms with Gasteiger partial charge in [-0.3, -0.25) is 9.59 Å². The maximum Gasteiger partial charge on any atom is 0.184 e. The fourth-order valence-corrected chi connectivity index (χ4v) is 3.90. The number of fused-ring (bicyclic) bond motifs is 2. The summed E-state index contributed by atoms with van der Waals surface area (Å²) in [4.78, 5) is 24.9. The predicted octanol–water partition coefficient (Wildman–Crippen LogP) is 3.39. The van der Waals surface area contributed by atoms with E-state index < -0.39 is 0 Å². The molecule has 3 rings (SSSR count). The topological polar surface area (TPSA) is 34.1 Å². The van der Waals surface area contributed by atoms with Crippen LogP contribution < -0.4 is 0 Å². The van der Waals surface area contributed by atoms with Crippen molar-refractivity contribution in [1.29, 1.82) is 0 Å². The molecular formula is C17H20O2. The highest BCUT2D eigenvalue weighted by atomic mass is 16.1. The molecule has 2 nitrogen and oxygen atoms in total. The van der Waals surface area contributed by atoms with Gasteiger partial charge in [0.05, 0.1) is 0 Å². The van der Waals surface area contributed by atoms with Gasteiger partial charge in [0.15, 0.2) is 11.6 Å². The first-order valence-electron chi connectivity index (χ1n) is 7.18. The second-order valence-electron chi connectivity index (χ2n) is 6.23. The van der Waals surface area contributed by atoms with Crippen LogP contribution in [-0.2, 0) is 9.59 Å². The van der Waals surface area contributed by atoms with Crippen LogP contribution in [0.25, 0.3) is 0 Å². The molecule has 0 bridgehead atoms. The number of allylic oxidation sites excluding steroid dienone is 5. The van der Waals surface area contributed by atoms with Crippen molar-refractivity contribution < 1.29 is 9.59 Å². The predicted molar refractivity (Wildman–Crippen MR) is 74.5 cm³/mol. The van der Waals surface area contributed by atoms with Gasteiger partial charge in [0.2, 0.25) is 0 Å². The summed E-state index contributed by atoms with van der Waals surface area (Å²) in [6, 6.07) is 0. The SMILES string of the molecule is C=C1CCCC2C=C(C)C(=O)C3=C(C(=O)C(C)C3)C12. The Morgan fingerprint density at radius 3 is 2.79 bits per heavy atom. The van der Waals surface area contributed by atoms with Crippen LogP contribution in [0.15, 0.2) is 34.9 Å². The summed E-state index contributed by atoms with van der Waals surface area (Å²) in [7, 11) is 0. The van der Waals surface area contributed by atoms with Crippen LogP contribution in [0.3, 0.4) is 0 Å². The minimum atomic E-state index is -0.0322. The van der Waals surface area contributed by atoms with E-state index in [1.54, 1.807) is 0 Å². The third kappa shape index (κ3) is 1.77.